The van der Waals surface area contributed by atoms with Crippen molar-refractivity contribution in [3.05, 3.63) is 59.4 Å². The van der Waals surface area contributed by atoms with Gasteiger partial charge in [-0.3, -0.25) is 4.79 Å². The second-order valence-electron chi connectivity index (χ2n) is 4.46. The van der Waals surface area contributed by atoms with E-state index < -0.39 is 17.7 Å². The molecule has 5 nitrogen and oxygen atoms in total. The maximum Gasteiger partial charge on any atom is 0.335 e. The van der Waals surface area contributed by atoms with E-state index in [0.29, 0.717) is 5.69 Å². The van der Waals surface area contributed by atoms with Crippen molar-refractivity contribution in [3.8, 4) is 0 Å². The van der Waals surface area contributed by atoms with Crippen LogP contribution in [0, 0.1) is 5.82 Å². The molecule has 0 aliphatic carbocycles. The molecule has 0 radical (unpaired) electrons. The highest BCUT2D eigenvalue weighted by molar-refractivity contribution is 6.06. The zero-order valence-electron chi connectivity index (χ0n) is 11.2. The predicted octanol–water partition coefficient (Wildman–Crippen LogP) is 2.38. The van der Waals surface area contributed by atoms with E-state index >= 15 is 0 Å². The molecule has 21 heavy (non-hydrogen) atoms. The average Bonchev–Trinajstić information content (AvgIpc) is 2.46. The number of anilines is 2. The van der Waals surface area contributed by atoms with Crippen LogP contribution in [-0.4, -0.2) is 24.0 Å². The molecule has 0 aliphatic rings. The van der Waals surface area contributed by atoms with Gasteiger partial charge in [0, 0.05) is 18.4 Å². The van der Waals surface area contributed by atoms with Crippen LogP contribution in [0.2, 0.25) is 0 Å². The lowest BCUT2D eigenvalue weighted by Crippen LogP contribution is -2.27. The second-order valence-corrected chi connectivity index (χ2v) is 4.46. The molecule has 0 aliphatic heterocycles. The van der Waals surface area contributed by atoms with Crippen molar-refractivity contribution in [3.63, 3.8) is 0 Å². The summed E-state index contributed by atoms with van der Waals surface area (Å²) in [6, 6.07) is 9.55. The van der Waals surface area contributed by atoms with Crippen LogP contribution < -0.4 is 10.6 Å². The van der Waals surface area contributed by atoms with Gasteiger partial charge in [0.1, 0.15) is 5.82 Å². The summed E-state index contributed by atoms with van der Waals surface area (Å²) in [5.41, 5.74) is 6.14. The third kappa shape index (κ3) is 3.00. The van der Waals surface area contributed by atoms with E-state index in [1.807, 2.05) is 0 Å². The van der Waals surface area contributed by atoms with E-state index in [4.69, 9.17) is 10.8 Å². The molecule has 0 fully saturated rings. The van der Waals surface area contributed by atoms with Crippen LogP contribution >= 0.6 is 0 Å². The topological polar surface area (TPSA) is 83.6 Å². The summed E-state index contributed by atoms with van der Waals surface area (Å²) < 4.78 is 13.7. The van der Waals surface area contributed by atoms with Crippen LogP contribution in [0.15, 0.2) is 42.5 Å². The Morgan fingerprint density at radius 2 is 1.76 bits per heavy atom. The lowest BCUT2D eigenvalue weighted by molar-refractivity contribution is 0.0696. The molecule has 0 aromatic heterocycles. The van der Waals surface area contributed by atoms with Crippen LogP contribution in [0.5, 0.6) is 0 Å². The van der Waals surface area contributed by atoms with Gasteiger partial charge in [0.05, 0.1) is 11.1 Å². The number of amides is 1. The van der Waals surface area contributed by atoms with Gasteiger partial charge in [0.25, 0.3) is 5.91 Å². The summed E-state index contributed by atoms with van der Waals surface area (Å²) in [5.74, 6) is -2.30. The van der Waals surface area contributed by atoms with E-state index in [0.717, 1.165) is 6.07 Å². The molecule has 0 atom stereocenters. The fraction of sp³-hybridized carbons (Fsp3) is 0.0667. The zero-order chi connectivity index (χ0) is 15.6. The number of carboxylic acid groups (broad SMARTS) is 1. The zero-order valence-corrected chi connectivity index (χ0v) is 11.2. The molecule has 2 aromatic rings. The molecule has 2 rings (SSSR count). The predicted molar refractivity (Wildman–Crippen MR) is 76.9 cm³/mol. The van der Waals surface area contributed by atoms with Gasteiger partial charge in [0.15, 0.2) is 0 Å². The fourth-order valence-electron chi connectivity index (χ4n) is 1.83. The molecule has 1 amide bonds. The number of rotatable bonds is 3. The van der Waals surface area contributed by atoms with Crippen LogP contribution in [0.4, 0.5) is 15.8 Å². The third-order valence-corrected chi connectivity index (χ3v) is 3.03. The molecular weight excluding hydrogens is 275 g/mol. The SMILES string of the molecule is CN(C(=O)c1ccc(N)cc1F)c1ccc(C(=O)O)cc1. The molecule has 2 aromatic carbocycles. The highest BCUT2D eigenvalue weighted by Crippen LogP contribution is 2.19. The standard InChI is InChI=1S/C15H13FN2O3/c1-18(11-5-2-9(3-6-11)15(20)21)14(19)12-7-4-10(17)8-13(12)16/h2-8H,17H2,1H3,(H,20,21). The molecule has 0 unspecified atom stereocenters. The summed E-state index contributed by atoms with van der Waals surface area (Å²) in [5, 5.41) is 8.82. The van der Waals surface area contributed by atoms with Gasteiger partial charge >= 0.3 is 5.97 Å². The van der Waals surface area contributed by atoms with Crippen LogP contribution in [0.3, 0.4) is 0 Å². The molecule has 0 spiro atoms. The smallest absolute Gasteiger partial charge is 0.335 e. The van der Waals surface area contributed by atoms with Crippen LogP contribution in [0.25, 0.3) is 0 Å². The van der Waals surface area contributed by atoms with E-state index in [-0.39, 0.29) is 16.8 Å². The first kappa shape index (κ1) is 14.5. The van der Waals surface area contributed by atoms with Gasteiger partial charge in [-0.25, -0.2) is 9.18 Å². The van der Waals surface area contributed by atoms with Crippen LogP contribution in [0.1, 0.15) is 20.7 Å². The Hall–Kier alpha value is -2.89. The number of nitrogens with two attached hydrogens (primary N) is 1. The molecule has 0 heterocycles. The maximum atomic E-state index is 13.7. The summed E-state index contributed by atoms with van der Waals surface area (Å²) in [6.07, 6.45) is 0. The van der Waals surface area contributed by atoms with Gasteiger partial charge in [-0.05, 0) is 42.5 Å². The van der Waals surface area contributed by atoms with Gasteiger partial charge in [-0.15, -0.1) is 0 Å². The van der Waals surface area contributed by atoms with E-state index in [9.17, 15) is 14.0 Å². The van der Waals surface area contributed by atoms with Crippen molar-refractivity contribution in [1.29, 1.82) is 0 Å². The summed E-state index contributed by atoms with van der Waals surface area (Å²) in [7, 11) is 1.48. The highest BCUT2D eigenvalue weighted by Gasteiger charge is 2.17. The highest BCUT2D eigenvalue weighted by atomic mass is 19.1. The monoisotopic (exact) mass is 288 g/mol. The first-order valence-electron chi connectivity index (χ1n) is 6.06. The number of nitrogen functional groups attached to an aromatic ring is 1. The van der Waals surface area contributed by atoms with Gasteiger partial charge in [-0.2, -0.15) is 0 Å². The largest absolute Gasteiger partial charge is 0.478 e. The van der Waals surface area contributed by atoms with E-state index in [1.165, 1.54) is 48.3 Å². The Morgan fingerprint density at radius 1 is 1.14 bits per heavy atom. The van der Waals surface area contributed by atoms with Crippen molar-refractivity contribution >= 4 is 23.3 Å². The number of halogens is 1. The van der Waals surface area contributed by atoms with E-state index in [1.54, 1.807) is 0 Å². The Kier molecular flexibility index (Phi) is 3.89. The minimum atomic E-state index is -1.06. The number of carbonyl (C=O) groups excluding carboxylic acids is 1. The fourth-order valence-corrected chi connectivity index (χ4v) is 1.83. The number of aromatic carboxylic acids is 1. The first-order valence-corrected chi connectivity index (χ1v) is 6.06. The minimum Gasteiger partial charge on any atom is -0.478 e. The molecule has 0 saturated heterocycles. The van der Waals surface area contributed by atoms with Crippen molar-refractivity contribution in [2.75, 3.05) is 17.7 Å². The summed E-state index contributed by atoms with van der Waals surface area (Å²) >= 11 is 0. The van der Waals surface area contributed by atoms with Crippen molar-refractivity contribution < 1.29 is 19.1 Å². The molecule has 0 bridgehead atoms. The summed E-state index contributed by atoms with van der Waals surface area (Å²) in [6.45, 7) is 0. The van der Waals surface area contributed by atoms with Crippen LogP contribution in [-0.2, 0) is 0 Å². The molecule has 0 saturated carbocycles. The lowest BCUT2D eigenvalue weighted by atomic mass is 10.1. The average molecular weight is 288 g/mol. The van der Waals surface area contributed by atoms with Crippen molar-refractivity contribution in [1.82, 2.24) is 0 Å². The van der Waals surface area contributed by atoms with Gasteiger partial charge in [-0.1, -0.05) is 0 Å². The minimum absolute atomic E-state index is 0.103. The molecule has 6 heteroatoms. The third-order valence-electron chi connectivity index (χ3n) is 3.03. The second kappa shape index (κ2) is 5.62. The Balaban J connectivity index is 2.28. The quantitative estimate of drug-likeness (QED) is 0.849. The van der Waals surface area contributed by atoms with Gasteiger partial charge in [0.2, 0.25) is 0 Å². The number of nitrogens with zero attached hydrogens (tertiary/aromatic N) is 1. The number of hydrogen-bond donors (Lipinski definition) is 2. The Bertz CT molecular complexity index is 699. The van der Waals surface area contributed by atoms with Crippen molar-refractivity contribution in [2.24, 2.45) is 0 Å². The Labute approximate surface area is 120 Å². The maximum absolute atomic E-state index is 13.7. The normalized spacial score (nSPS) is 10.2. The number of benzene rings is 2. The number of hydrogen-bond acceptors (Lipinski definition) is 3. The molecule has 108 valence electrons. The summed E-state index contributed by atoms with van der Waals surface area (Å²) in [4.78, 5) is 24.2. The van der Waals surface area contributed by atoms with E-state index in [2.05, 4.69) is 0 Å². The molecule has 3 N–H and O–H groups in total. The first-order chi connectivity index (χ1) is 9.90. The number of carboxylic acids is 1. The van der Waals surface area contributed by atoms with Crippen molar-refractivity contribution in [2.45, 2.75) is 0 Å². The number of carbonyl (C=O) groups is 2. The Morgan fingerprint density at radius 3 is 2.29 bits per heavy atom. The molecular formula is C15H13FN2O3. The van der Waals surface area contributed by atoms with Gasteiger partial charge < -0.3 is 15.7 Å². The lowest BCUT2D eigenvalue weighted by Gasteiger charge is -2.18.